The number of rotatable bonds is 3. The molecule has 6 heteroatoms. The average Bonchev–Trinajstić information content (AvgIpc) is 2.99. The van der Waals surface area contributed by atoms with Gasteiger partial charge in [0.1, 0.15) is 0 Å². The second kappa shape index (κ2) is 6.77. The molecule has 0 saturated carbocycles. The molecule has 3 aromatic rings. The molecule has 1 atom stereocenters. The molecule has 1 aliphatic rings. The molecule has 0 radical (unpaired) electrons. The van der Waals surface area contributed by atoms with Crippen molar-refractivity contribution >= 4 is 34.7 Å². The Morgan fingerprint density at radius 2 is 1.85 bits per heavy atom. The zero-order valence-electron chi connectivity index (χ0n) is 14.2. The minimum absolute atomic E-state index is 0.244. The number of benzene rings is 2. The van der Waals surface area contributed by atoms with E-state index in [0.717, 1.165) is 17.9 Å². The highest BCUT2D eigenvalue weighted by molar-refractivity contribution is 6.33. The Bertz CT molecular complexity index is 958. The fourth-order valence-electron chi connectivity index (χ4n) is 3.24. The predicted octanol–water partition coefficient (Wildman–Crippen LogP) is 4.47. The number of hydrogen-bond donors (Lipinski definition) is 1. The molecule has 0 bridgehead atoms. The molecule has 1 amide bonds. The van der Waals surface area contributed by atoms with Gasteiger partial charge in [-0.05, 0) is 49.2 Å². The van der Waals surface area contributed by atoms with Crippen LogP contribution in [-0.4, -0.2) is 22.1 Å². The summed E-state index contributed by atoms with van der Waals surface area (Å²) >= 11 is 6.07. The van der Waals surface area contributed by atoms with Crippen molar-refractivity contribution in [2.45, 2.75) is 19.4 Å². The third kappa shape index (κ3) is 3.02. The third-order valence-electron chi connectivity index (χ3n) is 4.46. The van der Waals surface area contributed by atoms with Gasteiger partial charge in [-0.15, -0.1) is 10.2 Å². The number of aromatic nitrogens is 2. The number of carbonyl (C=O) groups excluding carboxylic acids is 1. The smallest absolute Gasteiger partial charge is 0.276 e. The van der Waals surface area contributed by atoms with Crippen LogP contribution in [0, 0.1) is 0 Å². The molecule has 2 aromatic carbocycles. The maximum Gasteiger partial charge on any atom is 0.276 e. The second-order valence-electron chi connectivity index (χ2n) is 6.26. The van der Waals surface area contributed by atoms with Crippen LogP contribution < -0.4 is 10.2 Å². The highest BCUT2D eigenvalue weighted by atomic mass is 35.5. The molecular formula is C20H17ClN4O. The highest BCUT2D eigenvalue weighted by Crippen LogP contribution is 2.36. The number of anilines is 3. The van der Waals surface area contributed by atoms with Crippen LogP contribution in [0.4, 0.5) is 17.2 Å². The zero-order chi connectivity index (χ0) is 18.1. The summed E-state index contributed by atoms with van der Waals surface area (Å²) in [6.07, 6.45) is 0.965. The number of nitrogens with zero attached hydrogens (tertiary/aromatic N) is 3. The lowest BCUT2D eigenvalue weighted by atomic mass is 10.1. The van der Waals surface area contributed by atoms with Gasteiger partial charge in [-0.3, -0.25) is 4.79 Å². The SMILES string of the molecule is CC1Cc2ccccc2N1c1ccc(C(=O)Nc2ccccc2Cl)nn1. The van der Waals surface area contributed by atoms with E-state index in [1.54, 1.807) is 18.2 Å². The Kier molecular flexibility index (Phi) is 4.31. The van der Waals surface area contributed by atoms with Gasteiger partial charge in [0.05, 0.1) is 10.7 Å². The Hall–Kier alpha value is -2.92. The summed E-state index contributed by atoms with van der Waals surface area (Å²) in [5.74, 6) is 0.392. The van der Waals surface area contributed by atoms with E-state index in [-0.39, 0.29) is 11.6 Å². The molecule has 1 unspecified atom stereocenters. The first-order valence-corrected chi connectivity index (χ1v) is 8.78. The fraction of sp³-hybridized carbons (Fsp3) is 0.150. The summed E-state index contributed by atoms with van der Waals surface area (Å²) in [5, 5.41) is 11.6. The lowest BCUT2D eigenvalue weighted by molar-refractivity contribution is 0.102. The summed E-state index contributed by atoms with van der Waals surface area (Å²) in [7, 11) is 0. The molecule has 1 N–H and O–H groups in total. The summed E-state index contributed by atoms with van der Waals surface area (Å²) < 4.78 is 0. The van der Waals surface area contributed by atoms with Crippen molar-refractivity contribution < 1.29 is 4.79 Å². The summed E-state index contributed by atoms with van der Waals surface area (Å²) in [6, 6.07) is 19.2. The number of carbonyl (C=O) groups is 1. The lowest BCUT2D eigenvalue weighted by Crippen LogP contribution is -2.25. The largest absolute Gasteiger partial charge is 0.321 e. The minimum atomic E-state index is -0.341. The van der Waals surface area contributed by atoms with E-state index in [1.165, 1.54) is 5.56 Å². The Morgan fingerprint density at radius 1 is 1.08 bits per heavy atom. The van der Waals surface area contributed by atoms with Crippen LogP contribution in [0.2, 0.25) is 5.02 Å². The zero-order valence-corrected chi connectivity index (χ0v) is 14.9. The Labute approximate surface area is 156 Å². The molecule has 0 spiro atoms. The van der Waals surface area contributed by atoms with Crippen molar-refractivity contribution in [1.82, 2.24) is 10.2 Å². The summed E-state index contributed by atoms with van der Waals surface area (Å²) in [4.78, 5) is 14.5. The van der Waals surface area contributed by atoms with Crippen molar-refractivity contribution in [3.05, 3.63) is 76.9 Å². The normalized spacial score (nSPS) is 15.6. The average molecular weight is 365 g/mol. The van der Waals surface area contributed by atoms with Crippen LogP contribution in [-0.2, 0) is 6.42 Å². The monoisotopic (exact) mass is 364 g/mol. The van der Waals surface area contributed by atoms with Gasteiger partial charge in [-0.1, -0.05) is 41.9 Å². The van der Waals surface area contributed by atoms with Crippen molar-refractivity contribution in [3.8, 4) is 0 Å². The predicted molar refractivity (Wildman–Crippen MR) is 103 cm³/mol. The first-order chi connectivity index (χ1) is 12.6. The quantitative estimate of drug-likeness (QED) is 0.745. The van der Waals surface area contributed by atoms with Gasteiger partial charge in [0.15, 0.2) is 11.5 Å². The van der Waals surface area contributed by atoms with Crippen LogP contribution >= 0.6 is 11.6 Å². The van der Waals surface area contributed by atoms with E-state index in [2.05, 4.69) is 39.5 Å². The number of para-hydroxylation sites is 2. The molecule has 0 fully saturated rings. The van der Waals surface area contributed by atoms with E-state index in [1.807, 2.05) is 30.3 Å². The van der Waals surface area contributed by atoms with E-state index in [9.17, 15) is 4.79 Å². The van der Waals surface area contributed by atoms with Crippen molar-refractivity contribution in [1.29, 1.82) is 0 Å². The maximum absolute atomic E-state index is 12.4. The lowest BCUT2D eigenvalue weighted by Gasteiger charge is -2.23. The van der Waals surface area contributed by atoms with Crippen LogP contribution in [0.25, 0.3) is 0 Å². The molecule has 5 nitrogen and oxygen atoms in total. The molecular weight excluding hydrogens is 348 g/mol. The Balaban J connectivity index is 1.56. The molecule has 26 heavy (non-hydrogen) atoms. The maximum atomic E-state index is 12.4. The van der Waals surface area contributed by atoms with E-state index in [4.69, 9.17) is 11.6 Å². The van der Waals surface area contributed by atoms with Crippen molar-refractivity contribution in [3.63, 3.8) is 0 Å². The minimum Gasteiger partial charge on any atom is -0.321 e. The van der Waals surface area contributed by atoms with Crippen LogP contribution in [0.3, 0.4) is 0 Å². The number of halogens is 1. The third-order valence-corrected chi connectivity index (χ3v) is 4.79. The van der Waals surface area contributed by atoms with Crippen molar-refractivity contribution in [2.24, 2.45) is 0 Å². The number of hydrogen-bond acceptors (Lipinski definition) is 4. The second-order valence-corrected chi connectivity index (χ2v) is 6.67. The Morgan fingerprint density at radius 3 is 2.62 bits per heavy atom. The molecule has 0 saturated heterocycles. The van der Waals surface area contributed by atoms with Gasteiger partial charge in [0.2, 0.25) is 0 Å². The molecule has 1 aromatic heterocycles. The molecule has 130 valence electrons. The summed E-state index contributed by atoms with van der Waals surface area (Å²) in [5.41, 5.74) is 3.23. The van der Waals surface area contributed by atoms with Gasteiger partial charge in [0.25, 0.3) is 5.91 Å². The fourth-order valence-corrected chi connectivity index (χ4v) is 3.42. The first kappa shape index (κ1) is 16.5. The van der Waals surface area contributed by atoms with Crippen LogP contribution in [0.15, 0.2) is 60.7 Å². The van der Waals surface area contributed by atoms with Gasteiger partial charge in [-0.2, -0.15) is 0 Å². The van der Waals surface area contributed by atoms with Gasteiger partial charge in [0, 0.05) is 11.7 Å². The van der Waals surface area contributed by atoms with E-state index >= 15 is 0 Å². The molecule has 0 aliphatic carbocycles. The topological polar surface area (TPSA) is 58.1 Å². The van der Waals surface area contributed by atoms with Gasteiger partial charge in [-0.25, -0.2) is 0 Å². The van der Waals surface area contributed by atoms with Gasteiger partial charge < -0.3 is 10.2 Å². The van der Waals surface area contributed by atoms with Crippen LogP contribution in [0.1, 0.15) is 23.0 Å². The van der Waals surface area contributed by atoms with Gasteiger partial charge >= 0.3 is 0 Å². The number of fused-ring (bicyclic) bond motifs is 1. The standard InChI is InChI=1S/C20H17ClN4O/c1-13-12-14-6-2-5-9-18(14)25(13)19-11-10-17(23-24-19)20(26)22-16-8-4-3-7-15(16)21/h2-11,13H,12H2,1H3,(H,22,26). The highest BCUT2D eigenvalue weighted by Gasteiger charge is 2.28. The molecule has 1 aliphatic heterocycles. The number of nitrogens with one attached hydrogen (secondary N) is 1. The first-order valence-electron chi connectivity index (χ1n) is 8.40. The number of amides is 1. The molecule has 2 heterocycles. The summed E-state index contributed by atoms with van der Waals surface area (Å²) in [6.45, 7) is 2.15. The van der Waals surface area contributed by atoms with E-state index in [0.29, 0.717) is 16.8 Å². The molecule has 4 rings (SSSR count). The van der Waals surface area contributed by atoms with Crippen molar-refractivity contribution in [2.75, 3.05) is 10.2 Å². The van der Waals surface area contributed by atoms with Crippen LogP contribution in [0.5, 0.6) is 0 Å². The van der Waals surface area contributed by atoms with E-state index < -0.39 is 0 Å².